The van der Waals surface area contributed by atoms with E-state index < -0.39 is 45.3 Å². The SMILES string of the molecule is O=C(O)[C@]1(NS(=O)(=O)c2ccc(-c3noc(C(F)(F)F)n3)s2)CC1c1ccccc1. The number of carbonyl (C=O) groups is 1. The van der Waals surface area contributed by atoms with Crippen molar-refractivity contribution < 1.29 is 36.0 Å². The van der Waals surface area contributed by atoms with Crippen LogP contribution in [0.2, 0.25) is 0 Å². The summed E-state index contributed by atoms with van der Waals surface area (Å²) in [5.41, 5.74) is -1.01. The summed E-state index contributed by atoms with van der Waals surface area (Å²) in [5, 5.41) is 12.9. The van der Waals surface area contributed by atoms with Gasteiger partial charge in [-0.05, 0) is 24.1 Å². The van der Waals surface area contributed by atoms with Crippen LogP contribution in [0.3, 0.4) is 0 Å². The Kier molecular flexibility index (Phi) is 4.71. The highest BCUT2D eigenvalue weighted by Gasteiger charge is 2.63. The van der Waals surface area contributed by atoms with E-state index in [1.54, 1.807) is 30.3 Å². The lowest BCUT2D eigenvalue weighted by molar-refractivity contribution is -0.159. The minimum atomic E-state index is -4.83. The van der Waals surface area contributed by atoms with Crippen molar-refractivity contribution in [2.75, 3.05) is 0 Å². The highest BCUT2D eigenvalue weighted by atomic mass is 32.2. The maximum absolute atomic E-state index is 12.8. The zero-order valence-electron chi connectivity index (χ0n) is 14.8. The highest BCUT2D eigenvalue weighted by Crippen LogP contribution is 2.52. The fourth-order valence-corrected chi connectivity index (χ4v) is 5.69. The van der Waals surface area contributed by atoms with Crippen LogP contribution in [-0.4, -0.2) is 35.2 Å². The number of carboxylic acids is 1. The number of hydrogen-bond donors (Lipinski definition) is 2. The van der Waals surface area contributed by atoms with Crippen LogP contribution in [0.4, 0.5) is 13.2 Å². The second-order valence-corrected chi connectivity index (χ2v) is 9.58. The van der Waals surface area contributed by atoms with Crippen molar-refractivity contribution in [1.29, 1.82) is 0 Å². The number of alkyl halides is 3. The number of rotatable bonds is 6. The average Bonchev–Trinajstić information content (AvgIpc) is 3.05. The van der Waals surface area contributed by atoms with E-state index in [9.17, 15) is 31.5 Å². The van der Waals surface area contributed by atoms with Gasteiger partial charge in [0.2, 0.25) is 5.82 Å². The van der Waals surface area contributed by atoms with Crippen LogP contribution in [0.1, 0.15) is 23.8 Å². The summed E-state index contributed by atoms with van der Waals surface area (Å²) < 4.78 is 69.4. The molecule has 4 rings (SSSR count). The largest absolute Gasteiger partial charge is 0.480 e. The van der Waals surface area contributed by atoms with E-state index in [1.807, 2.05) is 0 Å². The minimum Gasteiger partial charge on any atom is -0.480 e. The molecule has 0 spiro atoms. The number of nitrogens with zero attached hydrogens (tertiary/aromatic N) is 2. The molecule has 2 aromatic heterocycles. The van der Waals surface area contributed by atoms with Crippen molar-refractivity contribution in [2.24, 2.45) is 0 Å². The molecule has 1 aromatic carbocycles. The van der Waals surface area contributed by atoms with Gasteiger partial charge in [0.05, 0.1) is 4.88 Å². The van der Waals surface area contributed by atoms with E-state index in [4.69, 9.17) is 0 Å². The van der Waals surface area contributed by atoms with Crippen molar-refractivity contribution in [3.05, 3.63) is 53.9 Å². The van der Waals surface area contributed by atoms with Gasteiger partial charge < -0.3 is 9.63 Å². The molecule has 1 aliphatic carbocycles. The summed E-state index contributed by atoms with van der Waals surface area (Å²) in [4.78, 5) is 15.1. The molecule has 0 aliphatic heterocycles. The van der Waals surface area contributed by atoms with Gasteiger partial charge in [0.25, 0.3) is 10.0 Å². The Morgan fingerprint density at radius 3 is 2.53 bits per heavy atom. The predicted octanol–water partition coefficient (Wildman–Crippen LogP) is 3.11. The zero-order chi connectivity index (χ0) is 21.7. The summed E-state index contributed by atoms with van der Waals surface area (Å²) in [6.45, 7) is 0. The van der Waals surface area contributed by atoms with E-state index in [0.717, 1.165) is 6.07 Å². The molecule has 1 aliphatic rings. The van der Waals surface area contributed by atoms with Gasteiger partial charge in [-0.15, -0.1) is 11.3 Å². The average molecular weight is 459 g/mol. The molecule has 0 saturated heterocycles. The standard InChI is InChI=1S/C17H12F3N3O5S2/c18-17(19,20)14-21-13(22-28-14)11-6-7-12(29-11)30(26,27)23-16(15(24)25)8-10(16)9-4-2-1-3-5-9/h1-7,10,23H,8H2,(H,24,25)/t10?,16-/m0/s1. The fraction of sp³-hybridized carbons (Fsp3) is 0.235. The second kappa shape index (κ2) is 6.89. The van der Waals surface area contributed by atoms with Crippen molar-refractivity contribution in [3.8, 4) is 10.7 Å². The summed E-state index contributed by atoms with van der Waals surface area (Å²) in [5.74, 6) is -3.83. The highest BCUT2D eigenvalue weighted by molar-refractivity contribution is 7.91. The normalized spacial score (nSPS) is 21.5. The maximum atomic E-state index is 12.8. The Hall–Kier alpha value is -2.77. The van der Waals surface area contributed by atoms with E-state index in [0.29, 0.717) is 16.9 Å². The molecular formula is C17H12F3N3O5S2. The van der Waals surface area contributed by atoms with Gasteiger partial charge in [0, 0.05) is 5.92 Å². The Bertz CT molecular complexity index is 1210. The Morgan fingerprint density at radius 1 is 1.23 bits per heavy atom. The number of benzene rings is 1. The van der Waals surface area contributed by atoms with E-state index in [1.165, 1.54) is 6.07 Å². The number of nitrogens with one attached hydrogen (secondary N) is 1. The van der Waals surface area contributed by atoms with Gasteiger partial charge in [-0.25, -0.2) is 8.42 Å². The number of hydrogen-bond acceptors (Lipinski definition) is 7. The van der Waals surface area contributed by atoms with Gasteiger partial charge in [0.1, 0.15) is 9.75 Å². The van der Waals surface area contributed by atoms with Crippen molar-refractivity contribution in [1.82, 2.24) is 14.9 Å². The first-order valence-corrected chi connectivity index (χ1v) is 10.7. The second-order valence-electron chi connectivity index (χ2n) is 6.59. The molecular weight excluding hydrogens is 447 g/mol. The van der Waals surface area contributed by atoms with Crippen LogP contribution in [0.25, 0.3) is 10.7 Å². The number of aromatic nitrogens is 2. The number of aliphatic carboxylic acids is 1. The molecule has 1 saturated carbocycles. The summed E-state index contributed by atoms with van der Waals surface area (Å²) in [6.07, 6.45) is -4.76. The summed E-state index contributed by atoms with van der Waals surface area (Å²) >= 11 is 0.598. The summed E-state index contributed by atoms with van der Waals surface area (Å²) in [7, 11) is -4.27. The van der Waals surface area contributed by atoms with Crippen LogP contribution in [0.5, 0.6) is 0 Å². The van der Waals surface area contributed by atoms with E-state index in [2.05, 4.69) is 19.4 Å². The van der Waals surface area contributed by atoms with Gasteiger partial charge in [-0.1, -0.05) is 35.5 Å². The molecule has 1 fully saturated rings. The van der Waals surface area contributed by atoms with Crippen LogP contribution < -0.4 is 4.72 Å². The lowest BCUT2D eigenvalue weighted by Crippen LogP contribution is -2.44. The van der Waals surface area contributed by atoms with Crippen LogP contribution in [-0.2, 0) is 21.0 Å². The molecule has 0 amide bonds. The van der Waals surface area contributed by atoms with Gasteiger partial charge in [-0.3, -0.25) is 4.79 Å². The first-order valence-electron chi connectivity index (χ1n) is 8.36. The van der Waals surface area contributed by atoms with Crippen molar-refractivity contribution >= 4 is 27.3 Å². The Labute approximate surface area is 171 Å². The summed E-state index contributed by atoms with van der Waals surface area (Å²) in [6, 6.07) is 11.0. The lowest BCUT2D eigenvalue weighted by Gasteiger charge is -2.14. The Balaban J connectivity index is 1.59. The number of sulfonamides is 1. The third-order valence-electron chi connectivity index (χ3n) is 4.60. The quantitative estimate of drug-likeness (QED) is 0.581. The van der Waals surface area contributed by atoms with Crippen molar-refractivity contribution in [2.45, 2.75) is 28.3 Å². The molecule has 2 atom stereocenters. The molecule has 2 heterocycles. The van der Waals surface area contributed by atoms with Gasteiger partial charge in [-0.2, -0.15) is 22.9 Å². The molecule has 158 valence electrons. The third-order valence-corrected chi connectivity index (χ3v) is 7.68. The van der Waals surface area contributed by atoms with Gasteiger partial charge >= 0.3 is 18.0 Å². The van der Waals surface area contributed by atoms with Crippen LogP contribution >= 0.6 is 11.3 Å². The van der Waals surface area contributed by atoms with E-state index >= 15 is 0 Å². The van der Waals surface area contributed by atoms with E-state index in [-0.39, 0.29) is 15.5 Å². The molecule has 13 heteroatoms. The molecule has 30 heavy (non-hydrogen) atoms. The molecule has 8 nitrogen and oxygen atoms in total. The molecule has 0 radical (unpaired) electrons. The minimum absolute atomic E-state index is 0.0226. The molecule has 3 aromatic rings. The maximum Gasteiger partial charge on any atom is 0.471 e. The topological polar surface area (TPSA) is 122 Å². The molecule has 1 unspecified atom stereocenters. The molecule has 0 bridgehead atoms. The zero-order valence-corrected chi connectivity index (χ0v) is 16.4. The molecule has 2 N–H and O–H groups in total. The predicted molar refractivity (Wildman–Crippen MR) is 97.1 cm³/mol. The number of halogens is 3. The van der Waals surface area contributed by atoms with Gasteiger partial charge in [0.15, 0.2) is 0 Å². The smallest absolute Gasteiger partial charge is 0.471 e. The number of carboxylic acid groups (broad SMARTS) is 1. The third kappa shape index (κ3) is 3.59. The first-order chi connectivity index (χ1) is 14.0. The number of thiophene rings is 1. The fourth-order valence-electron chi connectivity index (χ4n) is 3.06. The van der Waals surface area contributed by atoms with Crippen LogP contribution in [0.15, 0.2) is 51.2 Å². The van der Waals surface area contributed by atoms with Crippen molar-refractivity contribution in [3.63, 3.8) is 0 Å². The Morgan fingerprint density at radius 2 is 1.93 bits per heavy atom. The first kappa shape index (κ1) is 20.5. The lowest BCUT2D eigenvalue weighted by atomic mass is 10.1. The van der Waals surface area contributed by atoms with Crippen LogP contribution in [0, 0.1) is 0 Å². The monoisotopic (exact) mass is 459 g/mol.